The first kappa shape index (κ1) is 43.6. The summed E-state index contributed by atoms with van der Waals surface area (Å²) in [6, 6.07) is 16.5. The molecule has 2 aliphatic rings. The molecule has 0 unspecified atom stereocenters. The minimum absolute atomic E-state index is 0.121. The number of nitrogens with zero attached hydrogens (tertiary/aromatic N) is 3. The number of para-hydroxylation sites is 2. The minimum Gasteiger partial charge on any atom is -0.376 e. The monoisotopic (exact) mass is 943 g/mol. The van der Waals surface area contributed by atoms with Crippen molar-refractivity contribution in [1.29, 1.82) is 0 Å². The predicted molar refractivity (Wildman–Crippen MR) is 224 cm³/mol. The zero-order valence-electron chi connectivity index (χ0n) is 32.0. The summed E-state index contributed by atoms with van der Waals surface area (Å²) in [5.41, 5.74) is -1.07. The fourth-order valence-corrected chi connectivity index (χ4v) is 10.0. The van der Waals surface area contributed by atoms with Gasteiger partial charge in [-0.25, -0.2) is 32.5 Å². The average Bonchev–Trinajstić information content (AvgIpc) is 3.99. The summed E-state index contributed by atoms with van der Waals surface area (Å²) in [7, 11) is -5.86. The second-order valence-corrected chi connectivity index (χ2v) is 18.3. The Hall–Kier alpha value is -6.03. The first-order valence-corrected chi connectivity index (χ1v) is 22.7. The highest BCUT2D eigenvalue weighted by Crippen LogP contribution is 2.41. The van der Waals surface area contributed by atoms with E-state index in [1.165, 1.54) is 29.0 Å². The lowest BCUT2D eigenvalue weighted by atomic mass is 10.0. The van der Waals surface area contributed by atoms with Gasteiger partial charge in [-0.05, 0) is 97.7 Å². The molecule has 3 aromatic heterocycles. The highest BCUT2D eigenvalue weighted by molar-refractivity contribution is 7.88. The molecule has 0 spiro atoms. The van der Waals surface area contributed by atoms with Crippen molar-refractivity contribution in [1.82, 2.24) is 15.0 Å². The first-order valence-electron chi connectivity index (χ1n) is 18.7. The molecule has 0 aliphatic heterocycles. The van der Waals surface area contributed by atoms with Gasteiger partial charge in [-0.2, -0.15) is 21.6 Å². The Balaban J connectivity index is 0.000000173. The number of benzene rings is 4. The molecule has 0 saturated carbocycles. The number of carbonyl (C=O) groups excluding carboxylic acids is 2. The van der Waals surface area contributed by atoms with Crippen molar-refractivity contribution in [3.05, 3.63) is 140 Å². The predicted octanol–water partition coefficient (Wildman–Crippen LogP) is 11.0. The van der Waals surface area contributed by atoms with Crippen LogP contribution in [0.1, 0.15) is 55.0 Å². The molecule has 3 heterocycles. The van der Waals surface area contributed by atoms with Crippen LogP contribution in [0.5, 0.6) is 5.75 Å². The fourth-order valence-electron chi connectivity index (χ4n) is 6.83. The van der Waals surface area contributed by atoms with Crippen LogP contribution in [0, 0.1) is 23.3 Å². The van der Waals surface area contributed by atoms with Crippen LogP contribution in [0.3, 0.4) is 0 Å². The summed E-state index contributed by atoms with van der Waals surface area (Å²) in [6.45, 7) is 0. The lowest BCUT2D eigenvalue weighted by molar-refractivity contribution is -0.0500. The molecule has 0 bridgehead atoms. The number of nitrogens with one attached hydrogen (secondary N) is 2. The van der Waals surface area contributed by atoms with E-state index < -0.39 is 67.8 Å². The molecule has 0 atom stereocenters. The maximum absolute atomic E-state index is 13.9. The highest BCUT2D eigenvalue weighted by atomic mass is 32.2. The van der Waals surface area contributed by atoms with E-state index in [2.05, 4.69) is 48.0 Å². The van der Waals surface area contributed by atoms with Crippen LogP contribution in [-0.4, -0.2) is 40.7 Å². The number of halogens is 7. The normalized spacial score (nSPS) is 13.2. The molecule has 2 N–H and O–H groups in total. The smallest absolute Gasteiger partial charge is 0.376 e. The number of alkyl halides is 3. The summed E-state index contributed by atoms with van der Waals surface area (Å²) in [6.07, 6.45) is 5.93. The quantitative estimate of drug-likeness (QED) is 0.0914. The number of aryl methyl sites for hydroxylation is 4. The van der Waals surface area contributed by atoms with E-state index in [4.69, 9.17) is 0 Å². The van der Waals surface area contributed by atoms with Crippen molar-refractivity contribution in [2.24, 2.45) is 0 Å². The van der Waals surface area contributed by atoms with Gasteiger partial charge in [-0.3, -0.25) is 9.59 Å². The number of aromatic nitrogens is 3. The molecule has 0 saturated heterocycles. The molecule has 4 aromatic carbocycles. The lowest BCUT2D eigenvalue weighted by Gasteiger charge is -2.12. The van der Waals surface area contributed by atoms with Crippen molar-refractivity contribution in [3.8, 4) is 37.2 Å². The number of hydrogen-bond donors (Lipinski definition) is 2. The summed E-state index contributed by atoms with van der Waals surface area (Å²) >= 11 is 3.69. The summed E-state index contributed by atoms with van der Waals surface area (Å²) in [5, 5.41) is 7.40. The summed E-state index contributed by atoms with van der Waals surface area (Å²) in [4.78, 5) is 39.7. The zero-order valence-corrected chi connectivity index (χ0v) is 35.3. The Kier molecular flexibility index (Phi) is 12.2. The van der Waals surface area contributed by atoms with Crippen molar-refractivity contribution in [2.45, 2.75) is 44.0 Å². The molecule has 2 amide bonds. The van der Waals surface area contributed by atoms with Gasteiger partial charge in [0.15, 0.2) is 10.0 Å². The summed E-state index contributed by atoms with van der Waals surface area (Å²) in [5.74, 6) is -5.62. The number of anilines is 2. The van der Waals surface area contributed by atoms with Gasteiger partial charge in [0, 0.05) is 22.7 Å². The molecule has 7 aromatic rings. The first-order chi connectivity index (χ1) is 30.1. The van der Waals surface area contributed by atoms with Gasteiger partial charge in [0.05, 0.1) is 21.1 Å². The Morgan fingerprint density at radius 3 is 1.63 bits per heavy atom. The average molecular weight is 944 g/mol. The van der Waals surface area contributed by atoms with Crippen molar-refractivity contribution in [3.63, 3.8) is 0 Å². The van der Waals surface area contributed by atoms with Gasteiger partial charge in [0.2, 0.25) is 0 Å². The van der Waals surface area contributed by atoms with Crippen molar-refractivity contribution in [2.75, 3.05) is 10.6 Å². The van der Waals surface area contributed by atoms with Crippen LogP contribution in [-0.2, 0) is 35.8 Å². The third kappa shape index (κ3) is 9.22. The largest absolute Gasteiger partial charge is 0.534 e. The SMILES string of the molecule is O=C(Nc1c(F)cccc1F)c1nc2c(s1)-c1cc(-c3nccs3)ccc1CCC2.O=C(Nc1c(F)cccc1F)c1nc2c(s1)-c1cc(OS(=O)(=O)C(F)(F)F)ccc1CCC2. The topological polar surface area (TPSA) is 140 Å². The van der Waals surface area contributed by atoms with E-state index >= 15 is 0 Å². The molecule has 2 aliphatic carbocycles. The Morgan fingerprint density at radius 1 is 0.667 bits per heavy atom. The van der Waals surface area contributed by atoms with Gasteiger partial charge in [-0.15, -0.1) is 34.0 Å². The molecule has 0 fully saturated rings. The lowest BCUT2D eigenvalue weighted by Crippen LogP contribution is -2.28. The Bertz CT molecular complexity index is 2970. The van der Waals surface area contributed by atoms with Crippen LogP contribution in [0.2, 0.25) is 0 Å². The number of rotatable bonds is 7. The van der Waals surface area contributed by atoms with Gasteiger partial charge in [0.1, 0.15) is 45.4 Å². The number of amides is 2. The Labute approximate surface area is 365 Å². The standard InChI is InChI=1S/C22H15F2N3OS2.C20H13F5N2O4S2/c23-15-4-2-5-16(24)18(15)27-20(28)22-26-17-6-1-3-12-7-8-13(21-25-9-10-29-21)11-14(12)19(17)30-22;21-13-4-2-5-14(22)16(13)27-18(28)19-26-15-6-1-3-10-7-8-11(9-12(10)17(15)32-19)31-33(29,30)20(23,24)25/h2,4-5,7-11H,1,3,6H2,(H,27,28);2,4-5,7-9H,1,3,6H2,(H,27,28). The van der Waals surface area contributed by atoms with Crippen LogP contribution in [0.4, 0.5) is 42.1 Å². The van der Waals surface area contributed by atoms with Crippen LogP contribution < -0.4 is 14.8 Å². The van der Waals surface area contributed by atoms with Crippen LogP contribution in [0.15, 0.2) is 84.4 Å². The number of carbonyl (C=O) groups is 2. The van der Waals surface area contributed by atoms with E-state index in [0.29, 0.717) is 41.0 Å². The third-order valence-corrected chi connectivity index (χ3v) is 13.8. The third-order valence-electron chi connectivity index (χ3n) is 9.75. The molecular weight excluding hydrogens is 916 g/mol. The van der Waals surface area contributed by atoms with Crippen LogP contribution in [0.25, 0.3) is 31.5 Å². The van der Waals surface area contributed by atoms with Gasteiger partial charge in [-0.1, -0.05) is 30.3 Å². The highest BCUT2D eigenvalue weighted by Gasteiger charge is 2.48. The van der Waals surface area contributed by atoms with E-state index in [-0.39, 0.29) is 10.0 Å². The molecule has 21 heteroatoms. The minimum atomic E-state index is -5.86. The Morgan fingerprint density at radius 2 is 1.16 bits per heavy atom. The van der Waals surface area contributed by atoms with E-state index in [1.807, 2.05) is 5.38 Å². The molecule has 324 valence electrons. The number of fused-ring (bicyclic) bond motifs is 6. The number of hydrogen-bond acceptors (Lipinski definition) is 11. The van der Waals surface area contributed by atoms with Crippen molar-refractivity contribution < 1.29 is 52.9 Å². The number of thiazole rings is 3. The second kappa shape index (κ2) is 17.6. The van der Waals surface area contributed by atoms with Gasteiger partial charge >= 0.3 is 15.6 Å². The van der Waals surface area contributed by atoms with E-state index in [9.17, 15) is 48.7 Å². The second-order valence-electron chi connectivity index (χ2n) is 13.9. The van der Waals surface area contributed by atoms with E-state index in [0.717, 1.165) is 99.8 Å². The molecule has 9 rings (SSSR count). The van der Waals surface area contributed by atoms with E-state index in [1.54, 1.807) is 17.5 Å². The molecule has 10 nitrogen and oxygen atoms in total. The maximum atomic E-state index is 13.9. The van der Waals surface area contributed by atoms with Gasteiger partial charge in [0.25, 0.3) is 11.8 Å². The summed E-state index contributed by atoms with van der Waals surface area (Å²) < 4.78 is 120. The molecule has 0 radical (unpaired) electrons. The zero-order chi connectivity index (χ0) is 44.6. The molecular formula is C42H28F7N5O5S4. The fraction of sp³-hybridized carbons (Fsp3) is 0.167. The van der Waals surface area contributed by atoms with Crippen molar-refractivity contribution >= 4 is 67.3 Å². The molecule has 63 heavy (non-hydrogen) atoms. The van der Waals surface area contributed by atoms with Crippen LogP contribution >= 0.6 is 34.0 Å². The maximum Gasteiger partial charge on any atom is 0.534 e. The van der Waals surface area contributed by atoms with Gasteiger partial charge < -0.3 is 14.8 Å².